The van der Waals surface area contributed by atoms with E-state index in [0.29, 0.717) is 5.17 Å². The second-order valence-electron chi connectivity index (χ2n) is 4.08. The Morgan fingerprint density at radius 2 is 2.33 bits per heavy atom. The van der Waals surface area contributed by atoms with Gasteiger partial charge in [0.05, 0.1) is 6.42 Å². The van der Waals surface area contributed by atoms with Gasteiger partial charge in [-0.05, 0) is 36.4 Å². The van der Waals surface area contributed by atoms with Crippen LogP contribution >= 0.6 is 11.8 Å². The fourth-order valence-corrected chi connectivity index (χ4v) is 2.54. The topological polar surface area (TPSA) is 83.8 Å². The molecule has 1 heterocycles. The summed E-state index contributed by atoms with van der Waals surface area (Å²) in [4.78, 5) is 23.2. The fourth-order valence-electron chi connectivity index (χ4n) is 1.68. The number of hydrogen-bond acceptors (Lipinski definition) is 3. The molecule has 0 aliphatic carbocycles. The zero-order chi connectivity index (χ0) is 13.1. The van der Waals surface area contributed by atoms with Gasteiger partial charge in [-0.25, -0.2) is 10.1 Å². The smallest absolute Gasteiger partial charge is 0.322 e. The van der Waals surface area contributed by atoms with Gasteiger partial charge in [-0.15, -0.1) is 0 Å². The minimum Gasteiger partial charge on any atom is -0.326 e. The van der Waals surface area contributed by atoms with E-state index in [0.717, 1.165) is 11.3 Å². The lowest BCUT2D eigenvalue weighted by atomic mass is 10.2. The van der Waals surface area contributed by atoms with E-state index >= 15 is 0 Å². The predicted molar refractivity (Wildman–Crippen MR) is 70.9 cm³/mol. The molecular formula is C12H14N3O2S+. The van der Waals surface area contributed by atoms with E-state index in [1.165, 1.54) is 11.8 Å². The standard InChI is InChI=1S/C12H13N3O2S/c1-7-3-2-4-8(5-7)14-10(16)6-9-11(17)15-12(13)18-9/h2-5,9H,6H2,1H3,(H,14,16)(H2,13,15,17)/p+1/t9-/m0/s1. The summed E-state index contributed by atoms with van der Waals surface area (Å²) in [7, 11) is 0. The highest BCUT2D eigenvalue weighted by molar-refractivity contribution is 8.15. The molecule has 18 heavy (non-hydrogen) atoms. The van der Waals surface area contributed by atoms with Crippen molar-refractivity contribution in [1.82, 2.24) is 5.32 Å². The van der Waals surface area contributed by atoms with Crippen molar-refractivity contribution in [2.24, 2.45) is 0 Å². The largest absolute Gasteiger partial charge is 0.326 e. The second kappa shape index (κ2) is 5.22. The van der Waals surface area contributed by atoms with E-state index in [1.807, 2.05) is 31.2 Å². The number of carbonyl (C=O) groups is 2. The predicted octanol–water partition coefficient (Wildman–Crippen LogP) is -0.330. The number of amidine groups is 1. The van der Waals surface area contributed by atoms with E-state index in [2.05, 4.69) is 10.6 Å². The van der Waals surface area contributed by atoms with Crippen LogP contribution in [0.15, 0.2) is 24.3 Å². The molecule has 1 saturated heterocycles. The van der Waals surface area contributed by atoms with Gasteiger partial charge in [0.25, 0.3) is 0 Å². The van der Waals surface area contributed by atoms with Crippen LogP contribution in [0.2, 0.25) is 0 Å². The first kappa shape index (κ1) is 12.6. The van der Waals surface area contributed by atoms with Crippen LogP contribution in [0.3, 0.4) is 0 Å². The van der Waals surface area contributed by atoms with Gasteiger partial charge in [0.15, 0.2) is 0 Å². The van der Waals surface area contributed by atoms with E-state index in [9.17, 15) is 9.59 Å². The average molecular weight is 264 g/mol. The molecule has 94 valence electrons. The summed E-state index contributed by atoms with van der Waals surface area (Å²) in [5.74, 6) is -0.403. The summed E-state index contributed by atoms with van der Waals surface area (Å²) in [6.45, 7) is 1.95. The maximum Gasteiger partial charge on any atom is 0.322 e. The lowest BCUT2D eigenvalue weighted by Gasteiger charge is -2.06. The van der Waals surface area contributed by atoms with Crippen LogP contribution in [0, 0.1) is 6.92 Å². The Kier molecular flexibility index (Phi) is 3.66. The molecule has 1 aliphatic rings. The normalized spacial score (nSPS) is 18.6. The van der Waals surface area contributed by atoms with Gasteiger partial charge in [0, 0.05) is 5.69 Å². The molecule has 0 unspecified atom stereocenters. The number of aryl methyl sites for hydroxylation is 1. The van der Waals surface area contributed by atoms with Crippen LogP contribution in [0.4, 0.5) is 5.69 Å². The second-order valence-corrected chi connectivity index (χ2v) is 5.33. The number of carbonyl (C=O) groups excluding carboxylic acids is 2. The van der Waals surface area contributed by atoms with Gasteiger partial charge in [-0.2, -0.15) is 0 Å². The minimum absolute atomic E-state index is 0.116. The van der Waals surface area contributed by atoms with Gasteiger partial charge >= 0.3 is 11.1 Å². The third kappa shape index (κ3) is 3.10. The van der Waals surface area contributed by atoms with Crippen LogP contribution in [-0.2, 0) is 9.59 Å². The molecule has 1 aliphatic heterocycles. The molecule has 0 radical (unpaired) electrons. The van der Waals surface area contributed by atoms with Gasteiger partial charge in [0.1, 0.15) is 5.25 Å². The number of rotatable bonds is 3. The zero-order valence-corrected chi connectivity index (χ0v) is 10.7. The molecule has 0 spiro atoms. The Hall–Kier alpha value is -1.82. The highest BCUT2D eigenvalue weighted by Gasteiger charge is 2.36. The van der Waals surface area contributed by atoms with Crippen molar-refractivity contribution >= 4 is 34.4 Å². The summed E-state index contributed by atoms with van der Waals surface area (Å²) in [6, 6.07) is 7.51. The number of nitrogens with one attached hydrogen (secondary N) is 2. The maximum atomic E-state index is 11.8. The molecule has 0 bridgehead atoms. The van der Waals surface area contributed by atoms with Crippen LogP contribution in [0.5, 0.6) is 0 Å². The van der Waals surface area contributed by atoms with Crippen molar-refractivity contribution in [2.45, 2.75) is 18.6 Å². The van der Waals surface area contributed by atoms with Crippen molar-refractivity contribution < 1.29 is 15.0 Å². The zero-order valence-electron chi connectivity index (χ0n) is 9.90. The summed E-state index contributed by atoms with van der Waals surface area (Å²) in [6.07, 6.45) is 0.116. The SMILES string of the molecule is Cc1cccc(NC(=O)C[C@@H]2SC(=[NH2+])NC2=O)c1. The fraction of sp³-hybridized carbons (Fsp3) is 0.250. The highest BCUT2D eigenvalue weighted by atomic mass is 32.2. The van der Waals surface area contributed by atoms with Crippen LogP contribution in [0.25, 0.3) is 0 Å². The van der Waals surface area contributed by atoms with E-state index in [-0.39, 0.29) is 18.2 Å². The van der Waals surface area contributed by atoms with Crippen molar-refractivity contribution in [3.05, 3.63) is 29.8 Å². The molecule has 6 heteroatoms. The van der Waals surface area contributed by atoms with Gasteiger partial charge in [0.2, 0.25) is 5.91 Å². The van der Waals surface area contributed by atoms with Crippen LogP contribution in [-0.4, -0.2) is 22.2 Å². The Labute approximate surface area is 109 Å². The monoisotopic (exact) mass is 264 g/mol. The van der Waals surface area contributed by atoms with Crippen molar-refractivity contribution in [1.29, 1.82) is 0 Å². The third-order valence-electron chi connectivity index (χ3n) is 2.48. The van der Waals surface area contributed by atoms with E-state index < -0.39 is 5.25 Å². The maximum absolute atomic E-state index is 11.8. The molecular weight excluding hydrogens is 250 g/mol. The van der Waals surface area contributed by atoms with Crippen molar-refractivity contribution in [2.75, 3.05) is 5.32 Å². The summed E-state index contributed by atoms with van der Waals surface area (Å²) >= 11 is 1.19. The molecule has 1 aromatic rings. The Morgan fingerprint density at radius 1 is 1.56 bits per heavy atom. The Morgan fingerprint density at radius 3 is 2.94 bits per heavy atom. The molecule has 0 saturated carbocycles. The number of thioether (sulfide) groups is 1. The first-order valence-corrected chi connectivity index (χ1v) is 6.39. The van der Waals surface area contributed by atoms with Crippen molar-refractivity contribution in [3.63, 3.8) is 0 Å². The number of hydrogen-bond donors (Lipinski definition) is 3. The number of anilines is 1. The number of nitrogens with two attached hydrogens (primary N) is 1. The Balaban J connectivity index is 1.93. The number of amides is 2. The molecule has 1 fully saturated rings. The van der Waals surface area contributed by atoms with Gasteiger partial charge < -0.3 is 5.32 Å². The molecule has 4 N–H and O–H groups in total. The highest BCUT2D eigenvalue weighted by Crippen LogP contribution is 2.20. The average Bonchev–Trinajstić information content (AvgIpc) is 2.57. The molecule has 2 rings (SSSR count). The molecule has 5 nitrogen and oxygen atoms in total. The Bertz CT molecular complexity index is 516. The molecule has 2 amide bonds. The van der Waals surface area contributed by atoms with Crippen molar-refractivity contribution in [3.8, 4) is 0 Å². The van der Waals surface area contributed by atoms with Gasteiger partial charge in [-0.3, -0.25) is 10.2 Å². The molecule has 1 aromatic carbocycles. The van der Waals surface area contributed by atoms with E-state index in [4.69, 9.17) is 5.41 Å². The summed E-state index contributed by atoms with van der Waals surface area (Å²) < 4.78 is 0. The number of benzene rings is 1. The lowest BCUT2D eigenvalue weighted by Crippen LogP contribution is -2.44. The third-order valence-corrected chi connectivity index (χ3v) is 3.50. The minimum atomic E-state index is -0.435. The van der Waals surface area contributed by atoms with E-state index in [1.54, 1.807) is 0 Å². The van der Waals surface area contributed by atoms with Crippen LogP contribution in [0.1, 0.15) is 12.0 Å². The molecule has 1 atom stereocenters. The van der Waals surface area contributed by atoms with Crippen LogP contribution < -0.4 is 16.0 Å². The quantitative estimate of drug-likeness (QED) is 0.699. The summed E-state index contributed by atoms with van der Waals surface area (Å²) in [5, 5.41) is 10.6. The summed E-state index contributed by atoms with van der Waals surface area (Å²) in [5.41, 5.74) is 1.80. The first-order chi connectivity index (χ1) is 8.54. The first-order valence-electron chi connectivity index (χ1n) is 5.51. The van der Waals surface area contributed by atoms with Gasteiger partial charge in [-0.1, -0.05) is 12.1 Å². The molecule has 0 aromatic heterocycles. The lowest BCUT2D eigenvalue weighted by molar-refractivity contribution is -0.126.